The van der Waals surface area contributed by atoms with Crippen LogP contribution in [0.25, 0.3) is 11.1 Å². The van der Waals surface area contributed by atoms with E-state index in [0.29, 0.717) is 43.8 Å². The van der Waals surface area contributed by atoms with Crippen molar-refractivity contribution in [3.05, 3.63) is 58.8 Å². The fourth-order valence-corrected chi connectivity index (χ4v) is 4.16. The van der Waals surface area contributed by atoms with Gasteiger partial charge < -0.3 is 18.6 Å². The zero-order valence-corrected chi connectivity index (χ0v) is 17.0. The largest absolute Gasteiger partial charge is 0.464 e. The summed E-state index contributed by atoms with van der Waals surface area (Å²) in [5.41, 5.74) is 1.86. The molecule has 0 atom stereocenters. The molecule has 3 aromatic rings. The summed E-state index contributed by atoms with van der Waals surface area (Å²) in [6.07, 6.45) is 4.42. The molecule has 4 rings (SSSR count). The summed E-state index contributed by atoms with van der Waals surface area (Å²) in [5, 5.41) is 0. The van der Waals surface area contributed by atoms with Crippen molar-refractivity contribution in [2.75, 3.05) is 20.2 Å². The SMILES string of the molecule is COC(=O)c1cccn1C1CCN(C(=O)CCCn2c(=O)oc3ccccc32)CC1. The molecule has 0 radical (unpaired) electrons. The van der Waals surface area contributed by atoms with Crippen LogP contribution in [0.15, 0.2) is 51.8 Å². The topological polar surface area (TPSA) is 86.7 Å². The van der Waals surface area contributed by atoms with Crippen molar-refractivity contribution in [3.8, 4) is 0 Å². The minimum absolute atomic E-state index is 0.0926. The fraction of sp³-hybridized carbons (Fsp3) is 0.409. The van der Waals surface area contributed by atoms with Crippen LogP contribution in [0.2, 0.25) is 0 Å². The molecular weight excluding hydrogens is 386 g/mol. The number of hydrogen-bond donors (Lipinski definition) is 0. The average molecular weight is 411 g/mol. The van der Waals surface area contributed by atoms with Gasteiger partial charge in [0.05, 0.1) is 12.6 Å². The smallest absolute Gasteiger partial charge is 0.419 e. The summed E-state index contributed by atoms with van der Waals surface area (Å²) in [6.45, 7) is 1.75. The van der Waals surface area contributed by atoms with E-state index in [2.05, 4.69) is 0 Å². The van der Waals surface area contributed by atoms with E-state index >= 15 is 0 Å². The Labute approximate surface area is 173 Å². The lowest BCUT2D eigenvalue weighted by Gasteiger charge is -2.33. The average Bonchev–Trinajstić information content (AvgIpc) is 3.38. The zero-order chi connectivity index (χ0) is 21.1. The lowest BCUT2D eigenvalue weighted by Crippen LogP contribution is -2.39. The quantitative estimate of drug-likeness (QED) is 0.582. The number of carbonyl (C=O) groups is 2. The van der Waals surface area contributed by atoms with Gasteiger partial charge in [-0.3, -0.25) is 9.36 Å². The maximum atomic E-state index is 12.6. The van der Waals surface area contributed by atoms with E-state index in [9.17, 15) is 14.4 Å². The molecule has 1 aromatic carbocycles. The lowest BCUT2D eigenvalue weighted by atomic mass is 10.0. The van der Waals surface area contributed by atoms with Gasteiger partial charge in [-0.2, -0.15) is 0 Å². The third-order valence-corrected chi connectivity index (χ3v) is 5.73. The van der Waals surface area contributed by atoms with E-state index < -0.39 is 5.76 Å². The van der Waals surface area contributed by atoms with Gasteiger partial charge in [0.1, 0.15) is 5.69 Å². The number of benzene rings is 1. The van der Waals surface area contributed by atoms with Crippen molar-refractivity contribution >= 4 is 23.0 Å². The van der Waals surface area contributed by atoms with E-state index in [1.165, 1.54) is 7.11 Å². The number of piperidine rings is 1. The van der Waals surface area contributed by atoms with E-state index in [4.69, 9.17) is 9.15 Å². The molecule has 3 heterocycles. The molecule has 1 aliphatic rings. The summed E-state index contributed by atoms with van der Waals surface area (Å²) < 4.78 is 13.6. The van der Waals surface area contributed by atoms with Gasteiger partial charge >= 0.3 is 11.7 Å². The van der Waals surface area contributed by atoms with E-state index in [0.717, 1.165) is 18.4 Å². The molecule has 0 N–H and O–H groups in total. The number of aryl methyl sites for hydroxylation is 1. The maximum absolute atomic E-state index is 12.6. The fourth-order valence-electron chi connectivity index (χ4n) is 4.16. The van der Waals surface area contributed by atoms with Crippen LogP contribution in [0.4, 0.5) is 0 Å². The van der Waals surface area contributed by atoms with Gasteiger partial charge in [0.25, 0.3) is 0 Å². The minimum atomic E-state index is -0.391. The number of oxazole rings is 1. The second kappa shape index (κ2) is 8.61. The van der Waals surface area contributed by atoms with Crippen LogP contribution in [0, 0.1) is 0 Å². The molecule has 1 aliphatic heterocycles. The highest BCUT2D eigenvalue weighted by atomic mass is 16.5. The Hall–Kier alpha value is -3.29. The normalized spacial score (nSPS) is 14.9. The van der Waals surface area contributed by atoms with Gasteiger partial charge in [-0.25, -0.2) is 9.59 Å². The van der Waals surface area contributed by atoms with Crippen LogP contribution >= 0.6 is 0 Å². The van der Waals surface area contributed by atoms with Crippen molar-refractivity contribution in [2.45, 2.75) is 38.3 Å². The van der Waals surface area contributed by atoms with Crippen LogP contribution in [0.5, 0.6) is 0 Å². The molecule has 0 unspecified atom stereocenters. The highest BCUT2D eigenvalue weighted by molar-refractivity contribution is 5.87. The summed E-state index contributed by atoms with van der Waals surface area (Å²) in [4.78, 5) is 38.4. The summed E-state index contributed by atoms with van der Waals surface area (Å²) in [5.74, 6) is -0.645. The molecule has 0 aliphatic carbocycles. The number of nitrogens with zero attached hydrogens (tertiary/aromatic N) is 3. The third-order valence-electron chi connectivity index (χ3n) is 5.73. The third kappa shape index (κ3) is 3.90. The molecule has 1 saturated heterocycles. The first kappa shape index (κ1) is 20.0. The standard InChI is InChI=1S/C22H25N3O5/c1-29-21(27)18-7-4-12-24(18)16-10-14-23(15-11-16)20(26)9-5-13-25-17-6-2-3-8-19(17)30-22(25)28/h2-4,6-8,12,16H,5,9-11,13-15H2,1H3. The van der Waals surface area contributed by atoms with Crippen molar-refractivity contribution in [1.29, 1.82) is 0 Å². The van der Waals surface area contributed by atoms with Crippen molar-refractivity contribution in [2.24, 2.45) is 0 Å². The van der Waals surface area contributed by atoms with Crippen molar-refractivity contribution in [1.82, 2.24) is 14.0 Å². The van der Waals surface area contributed by atoms with Gasteiger partial charge in [-0.1, -0.05) is 12.1 Å². The molecule has 8 heteroatoms. The van der Waals surface area contributed by atoms with Crippen LogP contribution in [0.3, 0.4) is 0 Å². The molecule has 8 nitrogen and oxygen atoms in total. The van der Waals surface area contributed by atoms with Crippen LogP contribution in [0.1, 0.15) is 42.2 Å². The monoisotopic (exact) mass is 411 g/mol. The number of fused-ring (bicyclic) bond motifs is 1. The maximum Gasteiger partial charge on any atom is 0.419 e. The van der Waals surface area contributed by atoms with Crippen LogP contribution < -0.4 is 5.76 Å². The van der Waals surface area contributed by atoms with Gasteiger partial charge in [0.15, 0.2) is 5.58 Å². The number of para-hydroxylation sites is 2. The Morgan fingerprint density at radius 2 is 1.90 bits per heavy atom. The number of carbonyl (C=O) groups excluding carboxylic acids is 2. The van der Waals surface area contributed by atoms with Gasteiger partial charge in [0, 0.05) is 38.3 Å². The first-order valence-corrected chi connectivity index (χ1v) is 10.2. The van der Waals surface area contributed by atoms with E-state index in [1.54, 1.807) is 16.7 Å². The molecule has 2 aromatic heterocycles. The molecular formula is C22H25N3O5. The minimum Gasteiger partial charge on any atom is -0.464 e. The van der Waals surface area contributed by atoms with Crippen LogP contribution in [-0.4, -0.2) is 46.1 Å². The van der Waals surface area contributed by atoms with Crippen LogP contribution in [-0.2, 0) is 16.1 Å². The van der Waals surface area contributed by atoms with Crippen molar-refractivity contribution in [3.63, 3.8) is 0 Å². The molecule has 1 fully saturated rings. The molecule has 158 valence electrons. The number of hydrogen-bond acceptors (Lipinski definition) is 5. The van der Waals surface area contributed by atoms with Gasteiger partial charge in [0.2, 0.25) is 5.91 Å². The number of methoxy groups -OCH3 is 1. The van der Waals surface area contributed by atoms with Gasteiger partial charge in [-0.05, 0) is 43.5 Å². The first-order chi connectivity index (χ1) is 14.6. The Bertz CT molecular complexity index is 1100. The molecule has 1 amide bonds. The summed E-state index contributed by atoms with van der Waals surface area (Å²) in [6, 6.07) is 11.1. The predicted molar refractivity (Wildman–Crippen MR) is 110 cm³/mol. The molecule has 30 heavy (non-hydrogen) atoms. The number of ether oxygens (including phenoxy) is 1. The number of aromatic nitrogens is 2. The number of rotatable bonds is 6. The zero-order valence-electron chi connectivity index (χ0n) is 17.0. The number of amides is 1. The second-order valence-electron chi connectivity index (χ2n) is 7.50. The Kier molecular flexibility index (Phi) is 5.74. The first-order valence-electron chi connectivity index (χ1n) is 10.2. The lowest BCUT2D eigenvalue weighted by molar-refractivity contribution is -0.132. The predicted octanol–water partition coefficient (Wildman–Crippen LogP) is 2.83. The van der Waals surface area contributed by atoms with E-state index in [-0.39, 0.29) is 17.9 Å². The summed E-state index contributed by atoms with van der Waals surface area (Å²) >= 11 is 0. The highest BCUT2D eigenvalue weighted by Crippen LogP contribution is 2.25. The Morgan fingerprint density at radius 1 is 1.13 bits per heavy atom. The second-order valence-corrected chi connectivity index (χ2v) is 7.50. The highest BCUT2D eigenvalue weighted by Gasteiger charge is 2.26. The molecule has 0 saturated carbocycles. The van der Waals surface area contributed by atoms with Gasteiger partial charge in [-0.15, -0.1) is 0 Å². The van der Waals surface area contributed by atoms with Crippen molar-refractivity contribution < 1.29 is 18.7 Å². The number of esters is 1. The molecule has 0 bridgehead atoms. The van der Waals surface area contributed by atoms with E-state index in [1.807, 2.05) is 39.9 Å². The Balaban J connectivity index is 1.30. The number of likely N-dealkylation sites (tertiary alicyclic amines) is 1. The summed E-state index contributed by atoms with van der Waals surface area (Å²) in [7, 11) is 1.38. The molecule has 0 spiro atoms. The Morgan fingerprint density at radius 3 is 2.67 bits per heavy atom.